The number of furan rings is 1. The number of carbonyl (C=O) groups is 1. The third kappa shape index (κ3) is 3.57. The molecule has 3 heterocycles. The van der Waals surface area contributed by atoms with Gasteiger partial charge in [-0.3, -0.25) is 20.3 Å². The predicted octanol–water partition coefficient (Wildman–Crippen LogP) is 4.58. The maximum absolute atomic E-state index is 12.5. The van der Waals surface area contributed by atoms with E-state index in [1.165, 1.54) is 35.0 Å². The van der Waals surface area contributed by atoms with Gasteiger partial charge in [0.05, 0.1) is 10.5 Å². The fourth-order valence-electron chi connectivity index (χ4n) is 3.05. The van der Waals surface area contributed by atoms with Gasteiger partial charge >= 0.3 is 0 Å². The first-order chi connectivity index (χ1) is 14.4. The summed E-state index contributed by atoms with van der Waals surface area (Å²) in [5.74, 6) is 0.179. The fraction of sp³-hybridized carbons (Fsp3) is 0.200. The van der Waals surface area contributed by atoms with E-state index in [-0.39, 0.29) is 17.1 Å². The molecule has 0 bridgehead atoms. The van der Waals surface area contributed by atoms with Gasteiger partial charge in [-0.25, -0.2) is 0 Å². The van der Waals surface area contributed by atoms with E-state index in [9.17, 15) is 14.9 Å². The lowest BCUT2D eigenvalue weighted by molar-refractivity contribution is -0.384. The lowest BCUT2D eigenvalue weighted by Crippen LogP contribution is -2.35. The molecule has 0 unspecified atom stereocenters. The fourth-order valence-corrected chi connectivity index (χ4v) is 4.04. The second-order valence-electron chi connectivity index (χ2n) is 6.72. The van der Waals surface area contributed by atoms with Crippen LogP contribution in [-0.4, -0.2) is 31.9 Å². The van der Waals surface area contributed by atoms with Gasteiger partial charge in [0.15, 0.2) is 5.84 Å². The molecule has 0 saturated heterocycles. The van der Waals surface area contributed by atoms with Gasteiger partial charge in [0.1, 0.15) is 16.6 Å². The summed E-state index contributed by atoms with van der Waals surface area (Å²) in [6.45, 7) is 3.86. The molecule has 2 aliphatic rings. The zero-order valence-corrected chi connectivity index (χ0v) is 17.0. The third-order valence-electron chi connectivity index (χ3n) is 4.57. The standard InChI is InChI=1S/C20H17N5O4S/c1-3-4-17-23-24-18(21)15(19(26)22-20(24)30-17)10-13-7-8-16(29-13)14-9-12(25(27)28)6-5-11(14)2/h5-10,21H,3-4H2,1-2H3/b15-10+,21-18?. The van der Waals surface area contributed by atoms with Crippen molar-refractivity contribution in [3.63, 3.8) is 0 Å². The molecule has 0 spiro atoms. The average molecular weight is 423 g/mol. The first kappa shape index (κ1) is 19.8. The van der Waals surface area contributed by atoms with Crippen LogP contribution >= 0.6 is 11.8 Å². The highest BCUT2D eigenvalue weighted by molar-refractivity contribution is 8.26. The zero-order valence-electron chi connectivity index (χ0n) is 16.2. The van der Waals surface area contributed by atoms with E-state index in [1.807, 2.05) is 13.8 Å². The minimum atomic E-state index is -0.531. The molecule has 2 aromatic rings. The minimum Gasteiger partial charge on any atom is -0.457 e. The highest BCUT2D eigenvalue weighted by atomic mass is 32.2. The van der Waals surface area contributed by atoms with Gasteiger partial charge in [0, 0.05) is 17.7 Å². The van der Waals surface area contributed by atoms with Gasteiger partial charge in [-0.05, 0) is 55.3 Å². The quantitative estimate of drug-likeness (QED) is 0.426. The molecular formula is C20H17N5O4S. The Labute approximate surface area is 175 Å². The molecule has 0 saturated carbocycles. The average Bonchev–Trinajstić information content (AvgIpc) is 3.32. The normalized spacial score (nSPS) is 17.3. The van der Waals surface area contributed by atoms with Crippen LogP contribution < -0.4 is 0 Å². The molecule has 1 aromatic carbocycles. The number of thioether (sulfide) groups is 1. The molecule has 152 valence electrons. The highest BCUT2D eigenvalue weighted by Gasteiger charge is 2.35. The van der Waals surface area contributed by atoms with E-state index in [0.29, 0.717) is 22.3 Å². The SMILES string of the molecule is CCCC1=NN2C(=N)/C(=C\c3ccc(-c4cc([N+](=O)[O-])ccc4C)o3)C(=O)N=C2S1. The van der Waals surface area contributed by atoms with Crippen molar-refractivity contribution in [1.82, 2.24) is 5.01 Å². The number of aliphatic imine (C=N–C) groups is 1. The Kier molecular flexibility index (Phi) is 5.08. The van der Waals surface area contributed by atoms with Crippen LogP contribution in [0.4, 0.5) is 5.69 Å². The second kappa shape index (κ2) is 7.71. The van der Waals surface area contributed by atoms with Gasteiger partial charge in [-0.2, -0.15) is 15.1 Å². The summed E-state index contributed by atoms with van der Waals surface area (Å²) in [4.78, 5) is 27.1. The maximum Gasteiger partial charge on any atom is 0.283 e. The van der Waals surface area contributed by atoms with Gasteiger partial charge < -0.3 is 4.42 Å². The first-order valence-electron chi connectivity index (χ1n) is 9.21. The number of rotatable bonds is 5. The van der Waals surface area contributed by atoms with E-state index in [0.717, 1.165) is 23.4 Å². The van der Waals surface area contributed by atoms with Crippen LogP contribution in [0.5, 0.6) is 0 Å². The van der Waals surface area contributed by atoms with Crippen LogP contribution in [0.3, 0.4) is 0 Å². The van der Waals surface area contributed by atoms with Gasteiger partial charge in [-0.1, -0.05) is 13.0 Å². The molecule has 0 atom stereocenters. The zero-order chi connectivity index (χ0) is 21.4. The number of aryl methyl sites for hydroxylation is 1. The van der Waals surface area contributed by atoms with E-state index in [4.69, 9.17) is 9.83 Å². The first-order valence-corrected chi connectivity index (χ1v) is 10.0. The van der Waals surface area contributed by atoms with Crippen LogP contribution in [0.2, 0.25) is 0 Å². The number of fused-ring (bicyclic) bond motifs is 1. The van der Waals surface area contributed by atoms with Crippen LogP contribution in [0.1, 0.15) is 31.1 Å². The van der Waals surface area contributed by atoms with Gasteiger partial charge in [0.25, 0.3) is 11.6 Å². The number of carbonyl (C=O) groups excluding carboxylic acids is 1. The summed E-state index contributed by atoms with van der Waals surface area (Å²) >= 11 is 1.30. The molecule has 4 rings (SSSR count). The van der Waals surface area contributed by atoms with Crippen molar-refractivity contribution in [2.24, 2.45) is 10.1 Å². The monoisotopic (exact) mass is 423 g/mol. The summed E-state index contributed by atoms with van der Waals surface area (Å²) in [7, 11) is 0. The van der Waals surface area contributed by atoms with Crippen molar-refractivity contribution in [2.75, 3.05) is 0 Å². The van der Waals surface area contributed by atoms with Crippen molar-refractivity contribution < 1.29 is 14.1 Å². The van der Waals surface area contributed by atoms with E-state index < -0.39 is 10.8 Å². The number of nitrogens with zero attached hydrogens (tertiary/aromatic N) is 4. The lowest BCUT2D eigenvalue weighted by atomic mass is 10.1. The summed E-state index contributed by atoms with van der Waals surface area (Å²) < 4.78 is 5.80. The number of nitrogens with one attached hydrogen (secondary N) is 1. The van der Waals surface area contributed by atoms with Crippen molar-refractivity contribution in [3.8, 4) is 11.3 Å². The van der Waals surface area contributed by atoms with Gasteiger partial charge in [-0.15, -0.1) is 0 Å². The molecule has 1 N–H and O–H groups in total. The second-order valence-corrected chi connectivity index (χ2v) is 7.76. The van der Waals surface area contributed by atoms with E-state index in [2.05, 4.69) is 10.1 Å². The smallest absolute Gasteiger partial charge is 0.283 e. The van der Waals surface area contributed by atoms with E-state index in [1.54, 1.807) is 18.2 Å². The molecule has 0 fully saturated rings. The molecule has 1 amide bonds. The number of amides is 1. The predicted molar refractivity (Wildman–Crippen MR) is 115 cm³/mol. The number of non-ortho nitro benzene ring substituents is 1. The number of hydrogen-bond donors (Lipinski definition) is 1. The van der Waals surface area contributed by atoms with Crippen LogP contribution in [0.15, 0.2) is 50.4 Å². The Morgan fingerprint density at radius 3 is 2.87 bits per heavy atom. The maximum atomic E-state index is 12.5. The topological polar surface area (TPSA) is 125 Å². The number of amidine groups is 2. The highest BCUT2D eigenvalue weighted by Crippen LogP contribution is 2.32. The van der Waals surface area contributed by atoms with Crippen molar-refractivity contribution >= 4 is 45.5 Å². The summed E-state index contributed by atoms with van der Waals surface area (Å²) in [5, 5.41) is 26.4. The summed E-state index contributed by atoms with van der Waals surface area (Å²) in [5.41, 5.74) is 1.43. The molecule has 9 nitrogen and oxygen atoms in total. The lowest BCUT2D eigenvalue weighted by Gasteiger charge is -2.19. The Balaban J connectivity index is 1.65. The number of nitro benzene ring substituents is 1. The van der Waals surface area contributed by atoms with Crippen LogP contribution in [0.25, 0.3) is 17.4 Å². The third-order valence-corrected chi connectivity index (χ3v) is 5.54. The molecule has 0 radical (unpaired) electrons. The Hall–Kier alpha value is -3.53. The molecule has 1 aromatic heterocycles. The van der Waals surface area contributed by atoms with E-state index >= 15 is 0 Å². The number of hydrazone groups is 1. The Morgan fingerprint density at radius 1 is 1.33 bits per heavy atom. The molecule has 30 heavy (non-hydrogen) atoms. The summed E-state index contributed by atoms with van der Waals surface area (Å²) in [6, 6.07) is 7.85. The van der Waals surface area contributed by atoms with Crippen molar-refractivity contribution in [1.29, 1.82) is 5.41 Å². The molecule has 0 aliphatic carbocycles. The Bertz CT molecular complexity index is 1180. The Morgan fingerprint density at radius 2 is 2.13 bits per heavy atom. The molecular weight excluding hydrogens is 406 g/mol. The number of hydrogen-bond acceptors (Lipinski definition) is 7. The van der Waals surface area contributed by atoms with Crippen LogP contribution in [-0.2, 0) is 4.79 Å². The molecule has 10 heteroatoms. The van der Waals surface area contributed by atoms with Gasteiger partial charge in [0.2, 0.25) is 5.17 Å². The summed E-state index contributed by atoms with van der Waals surface area (Å²) in [6.07, 6.45) is 3.10. The van der Waals surface area contributed by atoms with Crippen molar-refractivity contribution in [3.05, 3.63) is 57.3 Å². The van der Waals surface area contributed by atoms with Crippen LogP contribution in [0, 0.1) is 22.4 Å². The number of benzene rings is 1. The molecule has 2 aliphatic heterocycles. The van der Waals surface area contributed by atoms with Crippen molar-refractivity contribution in [2.45, 2.75) is 26.7 Å². The minimum absolute atomic E-state index is 0.0368. The largest absolute Gasteiger partial charge is 0.457 e. The number of nitro groups is 1.